The van der Waals surface area contributed by atoms with Crippen molar-refractivity contribution in [1.82, 2.24) is 15.1 Å². The molecule has 1 rings (SSSR count). The van der Waals surface area contributed by atoms with Crippen molar-refractivity contribution in [2.75, 3.05) is 6.54 Å². The lowest BCUT2D eigenvalue weighted by atomic mass is 10.0. The molecule has 0 aliphatic rings. The van der Waals surface area contributed by atoms with Gasteiger partial charge in [0.2, 0.25) is 0 Å². The van der Waals surface area contributed by atoms with E-state index in [1.54, 1.807) is 34.6 Å². The Balaban J connectivity index is 3.27. The highest BCUT2D eigenvalue weighted by atomic mass is 16.4. The number of amides is 1. The summed E-state index contributed by atoms with van der Waals surface area (Å²) in [7, 11) is 0. The average molecular weight is 295 g/mol. The number of carbonyl (C=O) groups is 2. The first kappa shape index (κ1) is 16.9. The number of hydrogen-bond acceptors (Lipinski definition) is 4. The van der Waals surface area contributed by atoms with Crippen LogP contribution in [0.25, 0.3) is 0 Å². The molecule has 0 saturated carbocycles. The van der Waals surface area contributed by atoms with Gasteiger partial charge in [-0.2, -0.15) is 5.10 Å². The first-order valence-electron chi connectivity index (χ1n) is 6.65. The van der Waals surface area contributed by atoms with Gasteiger partial charge in [0.05, 0.1) is 12.1 Å². The van der Waals surface area contributed by atoms with Gasteiger partial charge >= 0.3 is 5.97 Å². The molecule has 0 radical (unpaired) electrons. The fraction of sp³-hybridized carbons (Fsp3) is 0.571. The predicted molar refractivity (Wildman–Crippen MR) is 77.4 cm³/mol. The highest BCUT2D eigenvalue weighted by molar-refractivity contribution is 5.96. The number of nitrogens with one attached hydrogen (secondary N) is 1. The van der Waals surface area contributed by atoms with E-state index in [-0.39, 0.29) is 18.5 Å². The van der Waals surface area contributed by atoms with Crippen molar-refractivity contribution in [3.63, 3.8) is 0 Å². The lowest BCUT2D eigenvalue weighted by Crippen LogP contribution is -2.48. The summed E-state index contributed by atoms with van der Waals surface area (Å²) >= 11 is 0. The van der Waals surface area contributed by atoms with Crippen LogP contribution < -0.4 is 5.56 Å². The summed E-state index contributed by atoms with van der Waals surface area (Å²) < 4.78 is 0. The minimum atomic E-state index is -0.992. The number of aromatic nitrogens is 2. The van der Waals surface area contributed by atoms with Crippen LogP contribution in [0.3, 0.4) is 0 Å². The van der Waals surface area contributed by atoms with Crippen LogP contribution in [0, 0.1) is 13.8 Å². The van der Waals surface area contributed by atoms with Crippen molar-refractivity contribution in [2.24, 2.45) is 0 Å². The van der Waals surface area contributed by atoms with Crippen molar-refractivity contribution in [1.29, 1.82) is 0 Å². The molecule has 0 atom stereocenters. The van der Waals surface area contributed by atoms with Gasteiger partial charge in [-0.1, -0.05) is 0 Å². The Labute approximate surface area is 123 Å². The van der Waals surface area contributed by atoms with Crippen LogP contribution >= 0.6 is 0 Å². The summed E-state index contributed by atoms with van der Waals surface area (Å²) in [5.41, 5.74) is -0.0726. The number of H-pyrrole nitrogens is 1. The number of carbonyl (C=O) groups excluding carboxylic acids is 1. The topological polar surface area (TPSA) is 103 Å². The number of aryl methyl sites for hydroxylation is 1. The maximum Gasteiger partial charge on any atom is 0.305 e. The molecule has 1 aromatic heterocycles. The van der Waals surface area contributed by atoms with Gasteiger partial charge in [-0.15, -0.1) is 0 Å². The van der Waals surface area contributed by atoms with E-state index in [9.17, 15) is 14.4 Å². The number of carboxylic acids is 1. The van der Waals surface area contributed by atoms with E-state index in [1.807, 2.05) is 0 Å². The van der Waals surface area contributed by atoms with Gasteiger partial charge < -0.3 is 10.0 Å². The Morgan fingerprint density at radius 1 is 1.29 bits per heavy atom. The highest BCUT2D eigenvalue weighted by Crippen LogP contribution is 2.18. The monoisotopic (exact) mass is 295 g/mol. The SMILES string of the molecule is Cc1n[nH]c(=O)c(C(=O)N(CCC(=O)O)C(C)(C)C)c1C. The maximum absolute atomic E-state index is 12.7. The van der Waals surface area contributed by atoms with Crippen LogP contribution in [0.1, 0.15) is 48.8 Å². The second kappa shape index (κ2) is 6.07. The fourth-order valence-corrected chi connectivity index (χ4v) is 1.97. The number of carboxylic acid groups (broad SMARTS) is 1. The lowest BCUT2D eigenvalue weighted by molar-refractivity contribution is -0.137. The second-order valence-electron chi connectivity index (χ2n) is 5.91. The third kappa shape index (κ3) is 3.90. The summed E-state index contributed by atoms with van der Waals surface area (Å²) in [5, 5.41) is 14.9. The van der Waals surface area contributed by atoms with Gasteiger partial charge in [-0.3, -0.25) is 14.4 Å². The van der Waals surface area contributed by atoms with E-state index in [0.717, 1.165) is 0 Å². The molecular formula is C14H21N3O4. The molecule has 1 amide bonds. The van der Waals surface area contributed by atoms with Crippen LogP contribution in [-0.2, 0) is 4.79 Å². The van der Waals surface area contributed by atoms with Crippen molar-refractivity contribution in [3.05, 3.63) is 27.2 Å². The molecule has 1 aromatic rings. The van der Waals surface area contributed by atoms with Crippen LogP contribution in [-0.4, -0.2) is 44.2 Å². The first-order chi connectivity index (χ1) is 9.55. The third-order valence-electron chi connectivity index (χ3n) is 3.29. The van der Waals surface area contributed by atoms with E-state index in [2.05, 4.69) is 10.2 Å². The molecule has 7 nitrogen and oxygen atoms in total. The number of rotatable bonds is 4. The van der Waals surface area contributed by atoms with Crippen molar-refractivity contribution in [3.8, 4) is 0 Å². The quantitative estimate of drug-likeness (QED) is 0.865. The number of hydrogen-bond donors (Lipinski definition) is 2. The summed E-state index contributed by atoms with van der Waals surface area (Å²) in [6, 6.07) is 0. The molecule has 0 fully saturated rings. The molecule has 0 saturated heterocycles. The van der Waals surface area contributed by atoms with Gasteiger partial charge in [0, 0.05) is 12.1 Å². The number of nitrogens with zero attached hydrogens (tertiary/aromatic N) is 2. The first-order valence-corrected chi connectivity index (χ1v) is 6.65. The van der Waals surface area contributed by atoms with Crippen LogP contribution in [0.15, 0.2) is 4.79 Å². The molecule has 0 aliphatic heterocycles. The Morgan fingerprint density at radius 2 is 1.86 bits per heavy atom. The standard InChI is InChI=1S/C14H21N3O4/c1-8-9(2)15-16-12(20)11(8)13(21)17(14(3,4)5)7-6-10(18)19/h6-7H2,1-5H3,(H,16,20)(H,18,19). The Kier molecular flexibility index (Phi) is 4.88. The molecular weight excluding hydrogens is 274 g/mol. The third-order valence-corrected chi connectivity index (χ3v) is 3.29. The summed E-state index contributed by atoms with van der Waals surface area (Å²) in [6.07, 6.45) is -0.177. The van der Waals surface area contributed by atoms with E-state index in [0.29, 0.717) is 11.3 Å². The fourth-order valence-electron chi connectivity index (χ4n) is 1.97. The molecule has 116 valence electrons. The van der Waals surface area contributed by atoms with Gasteiger partial charge in [0.25, 0.3) is 11.5 Å². The molecule has 0 aromatic carbocycles. The molecule has 0 aliphatic carbocycles. The molecule has 2 N–H and O–H groups in total. The second-order valence-corrected chi connectivity index (χ2v) is 5.91. The van der Waals surface area contributed by atoms with E-state index in [4.69, 9.17) is 5.11 Å². The van der Waals surface area contributed by atoms with Crippen LogP contribution in [0.2, 0.25) is 0 Å². The largest absolute Gasteiger partial charge is 0.481 e. The zero-order valence-corrected chi connectivity index (χ0v) is 13.0. The van der Waals surface area contributed by atoms with Gasteiger partial charge in [0.1, 0.15) is 5.56 Å². The molecule has 1 heterocycles. The Bertz CT molecular complexity index is 614. The molecule has 0 unspecified atom stereocenters. The summed E-state index contributed by atoms with van der Waals surface area (Å²) in [4.78, 5) is 36.8. The van der Waals surface area contributed by atoms with Crippen molar-refractivity contribution >= 4 is 11.9 Å². The van der Waals surface area contributed by atoms with Crippen LogP contribution in [0.5, 0.6) is 0 Å². The van der Waals surface area contributed by atoms with Gasteiger partial charge in [0.15, 0.2) is 0 Å². The van der Waals surface area contributed by atoms with E-state index >= 15 is 0 Å². The summed E-state index contributed by atoms with van der Waals surface area (Å²) in [6.45, 7) is 8.78. The van der Waals surface area contributed by atoms with E-state index in [1.165, 1.54) is 4.90 Å². The Hall–Kier alpha value is -2.18. The minimum Gasteiger partial charge on any atom is -0.481 e. The maximum atomic E-state index is 12.7. The van der Waals surface area contributed by atoms with Crippen LogP contribution in [0.4, 0.5) is 0 Å². The van der Waals surface area contributed by atoms with Gasteiger partial charge in [-0.05, 0) is 40.2 Å². The molecule has 21 heavy (non-hydrogen) atoms. The van der Waals surface area contributed by atoms with E-state index < -0.39 is 23.0 Å². The zero-order chi connectivity index (χ0) is 16.4. The molecule has 0 bridgehead atoms. The predicted octanol–water partition coefficient (Wildman–Crippen LogP) is 1.10. The normalized spacial score (nSPS) is 11.3. The van der Waals surface area contributed by atoms with Gasteiger partial charge in [-0.25, -0.2) is 5.10 Å². The highest BCUT2D eigenvalue weighted by Gasteiger charge is 2.30. The van der Waals surface area contributed by atoms with Crippen molar-refractivity contribution in [2.45, 2.75) is 46.6 Å². The zero-order valence-electron chi connectivity index (χ0n) is 13.0. The lowest BCUT2D eigenvalue weighted by Gasteiger charge is -2.35. The van der Waals surface area contributed by atoms with Crippen molar-refractivity contribution < 1.29 is 14.7 Å². The Morgan fingerprint density at radius 3 is 2.33 bits per heavy atom. The molecule has 7 heteroatoms. The smallest absolute Gasteiger partial charge is 0.305 e. The number of aromatic amines is 1. The minimum absolute atomic E-state index is 0.0165. The summed E-state index contributed by atoms with van der Waals surface area (Å²) in [5.74, 6) is -1.47. The molecule has 0 spiro atoms. The number of aliphatic carboxylic acids is 1. The average Bonchev–Trinajstić information content (AvgIpc) is 2.32.